The van der Waals surface area contributed by atoms with Crippen molar-refractivity contribution >= 4 is 11.6 Å². The lowest BCUT2D eigenvalue weighted by Gasteiger charge is -2.06. The predicted octanol–water partition coefficient (Wildman–Crippen LogP) is 4.11. The molecule has 4 rings (SSSR count). The molecule has 1 aromatic heterocycles. The van der Waals surface area contributed by atoms with E-state index in [9.17, 15) is 4.79 Å². The minimum atomic E-state index is -0.0435. The van der Waals surface area contributed by atoms with Gasteiger partial charge in [-0.05, 0) is 61.6 Å². The highest BCUT2D eigenvalue weighted by molar-refractivity contribution is 5.90. The molecular weight excluding hydrogens is 326 g/mol. The van der Waals surface area contributed by atoms with Gasteiger partial charge in [-0.3, -0.25) is 4.79 Å². The van der Waals surface area contributed by atoms with Crippen LogP contribution in [0.25, 0.3) is 11.5 Å². The third-order valence-electron chi connectivity index (χ3n) is 4.71. The summed E-state index contributed by atoms with van der Waals surface area (Å²) in [5, 5.41) is 11.1. The summed E-state index contributed by atoms with van der Waals surface area (Å²) in [6.45, 7) is 2.03. The highest BCUT2D eigenvalue weighted by atomic mass is 16.4. The van der Waals surface area contributed by atoms with Gasteiger partial charge in [0, 0.05) is 24.1 Å². The zero-order chi connectivity index (χ0) is 17.9. The first-order valence-corrected chi connectivity index (χ1v) is 8.98. The van der Waals surface area contributed by atoms with E-state index in [4.69, 9.17) is 4.42 Å². The molecule has 1 amide bonds. The Bertz CT molecular complexity index is 929. The summed E-state index contributed by atoms with van der Waals surface area (Å²) < 4.78 is 5.67. The van der Waals surface area contributed by atoms with Crippen LogP contribution in [0, 0.1) is 6.92 Å². The molecule has 5 heteroatoms. The maximum Gasteiger partial charge on any atom is 0.247 e. The van der Waals surface area contributed by atoms with Gasteiger partial charge < -0.3 is 9.73 Å². The van der Waals surface area contributed by atoms with Gasteiger partial charge in [0.25, 0.3) is 0 Å². The van der Waals surface area contributed by atoms with Gasteiger partial charge in [-0.1, -0.05) is 23.8 Å². The lowest BCUT2D eigenvalue weighted by atomic mass is 10.1. The average molecular weight is 347 g/mol. The molecule has 0 unspecified atom stereocenters. The van der Waals surface area contributed by atoms with E-state index in [1.54, 1.807) is 0 Å². The van der Waals surface area contributed by atoms with Crippen LogP contribution in [0.5, 0.6) is 0 Å². The van der Waals surface area contributed by atoms with E-state index in [0.29, 0.717) is 24.6 Å². The first-order valence-electron chi connectivity index (χ1n) is 8.98. The molecule has 1 aliphatic rings. The van der Waals surface area contributed by atoms with Crippen LogP contribution in [0.1, 0.15) is 35.4 Å². The van der Waals surface area contributed by atoms with Gasteiger partial charge in [0.15, 0.2) is 0 Å². The third kappa shape index (κ3) is 3.67. The number of aromatic nitrogens is 2. The van der Waals surface area contributed by atoms with Gasteiger partial charge in [0.2, 0.25) is 17.7 Å². The molecule has 0 fully saturated rings. The Morgan fingerprint density at radius 1 is 1.08 bits per heavy atom. The van der Waals surface area contributed by atoms with Crippen LogP contribution in [-0.2, 0) is 24.1 Å². The quantitative estimate of drug-likeness (QED) is 0.754. The Morgan fingerprint density at radius 3 is 2.73 bits per heavy atom. The van der Waals surface area contributed by atoms with Crippen molar-refractivity contribution < 1.29 is 9.21 Å². The lowest BCUT2D eigenvalue weighted by molar-refractivity contribution is -0.116. The summed E-state index contributed by atoms with van der Waals surface area (Å²) in [6, 6.07) is 14.1. The second-order valence-corrected chi connectivity index (χ2v) is 6.75. The fraction of sp³-hybridized carbons (Fsp3) is 0.286. The van der Waals surface area contributed by atoms with Crippen molar-refractivity contribution in [3.8, 4) is 11.5 Å². The van der Waals surface area contributed by atoms with Crippen molar-refractivity contribution in [3.05, 3.63) is 65.0 Å². The number of hydrogen-bond acceptors (Lipinski definition) is 4. The van der Waals surface area contributed by atoms with E-state index < -0.39 is 0 Å². The molecule has 0 atom stereocenters. The third-order valence-corrected chi connectivity index (χ3v) is 4.71. The molecule has 0 saturated heterocycles. The summed E-state index contributed by atoms with van der Waals surface area (Å²) in [5.74, 6) is 0.918. The Balaban J connectivity index is 1.34. The molecule has 26 heavy (non-hydrogen) atoms. The van der Waals surface area contributed by atoms with Crippen molar-refractivity contribution in [2.24, 2.45) is 0 Å². The number of aryl methyl sites for hydroxylation is 4. The number of anilines is 1. The van der Waals surface area contributed by atoms with Crippen LogP contribution in [0.4, 0.5) is 5.69 Å². The number of carbonyl (C=O) groups excluding carboxylic acids is 1. The zero-order valence-electron chi connectivity index (χ0n) is 14.8. The van der Waals surface area contributed by atoms with Crippen molar-refractivity contribution in [2.75, 3.05) is 5.32 Å². The number of benzene rings is 2. The molecule has 1 N–H and O–H groups in total. The lowest BCUT2D eigenvalue weighted by Crippen LogP contribution is -2.12. The smallest absolute Gasteiger partial charge is 0.247 e. The monoisotopic (exact) mass is 347 g/mol. The number of carbonyl (C=O) groups is 1. The molecule has 0 saturated carbocycles. The first-order chi connectivity index (χ1) is 12.7. The van der Waals surface area contributed by atoms with Gasteiger partial charge in [-0.15, -0.1) is 10.2 Å². The Labute approximate surface area is 152 Å². The van der Waals surface area contributed by atoms with Gasteiger partial charge in [-0.25, -0.2) is 0 Å². The molecule has 5 nitrogen and oxygen atoms in total. The number of amides is 1. The van der Waals surface area contributed by atoms with Gasteiger partial charge in [0.05, 0.1) is 0 Å². The van der Waals surface area contributed by atoms with E-state index in [2.05, 4.69) is 27.6 Å². The molecule has 2 aromatic carbocycles. The number of rotatable bonds is 5. The number of hydrogen-bond donors (Lipinski definition) is 1. The van der Waals surface area contributed by atoms with Crippen molar-refractivity contribution in [3.63, 3.8) is 0 Å². The van der Waals surface area contributed by atoms with Crippen molar-refractivity contribution in [1.82, 2.24) is 10.2 Å². The Hall–Kier alpha value is -2.95. The standard InChI is InChI=1S/C21H21N3O2/c1-14-5-7-16(8-6-14)21-24-23-20(26-21)12-11-19(25)22-18-10-9-15-3-2-4-17(15)13-18/h5-10,13H,2-4,11-12H2,1H3,(H,22,25). The van der Waals surface area contributed by atoms with Crippen LogP contribution >= 0.6 is 0 Å². The Kier molecular flexibility index (Phi) is 4.52. The molecule has 1 aliphatic carbocycles. The van der Waals surface area contributed by atoms with E-state index in [-0.39, 0.29) is 5.91 Å². The second-order valence-electron chi connectivity index (χ2n) is 6.75. The number of nitrogens with zero attached hydrogens (tertiary/aromatic N) is 2. The molecular formula is C21H21N3O2. The van der Waals surface area contributed by atoms with E-state index in [1.807, 2.05) is 37.3 Å². The minimum Gasteiger partial charge on any atom is -0.421 e. The average Bonchev–Trinajstić information content (AvgIpc) is 3.29. The fourth-order valence-corrected chi connectivity index (χ4v) is 3.26. The predicted molar refractivity (Wildman–Crippen MR) is 99.9 cm³/mol. The summed E-state index contributed by atoms with van der Waals surface area (Å²) in [7, 11) is 0. The Morgan fingerprint density at radius 2 is 1.88 bits per heavy atom. The maximum absolute atomic E-state index is 12.2. The fourth-order valence-electron chi connectivity index (χ4n) is 3.26. The number of fused-ring (bicyclic) bond motifs is 1. The van der Waals surface area contributed by atoms with Crippen molar-refractivity contribution in [1.29, 1.82) is 0 Å². The summed E-state index contributed by atoms with van der Waals surface area (Å²) in [4.78, 5) is 12.2. The summed E-state index contributed by atoms with van der Waals surface area (Å²) in [6.07, 6.45) is 4.18. The zero-order valence-corrected chi connectivity index (χ0v) is 14.8. The van der Waals surface area contributed by atoms with Crippen LogP contribution in [0.3, 0.4) is 0 Å². The molecule has 0 bridgehead atoms. The van der Waals surface area contributed by atoms with Crippen LogP contribution in [-0.4, -0.2) is 16.1 Å². The number of nitrogens with one attached hydrogen (secondary N) is 1. The molecule has 0 radical (unpaired) electrons. The SMILES string of the molecule is Cc1ccc(-c2nnc(CCC(=O)Nc3ccc4c(c3)CCC4)o2)cc1. The highest BCUT2D eigenvalue weighted by Crippen LogP contribution is 2.25. The van der Waals surface area contributed by atoms with Crippen LogP contribution < -0.4 is 5.32 Å². The first kappa shape index (κ1) is 16.5. The summed E-state index contributed by atoms with van der Waals surface area (Å²) in [5.41, 5.74) is 5.68. The molecule has 132 valence electrons. The van der Waals surface area contributed by atoms with E-state index in [0.717, 1.165) is 24.1 Å². The van der Waals surface area contributed by atoms with Crippen LogP contribution in [0.2, 0.25) is 0 Å². The molecule has 0 spiro atoms. The molecule has 1 heterocycles. The van der Waals surface area contributed by atoms with Gasteiger partial charge in [-0.2, -0.15) is 0 Å². The molecule has 0 aliphatic heterocycles. The highest BCUT2D eigenvalue weighted by Gasteiger charge is 2.13. The van der Waals surface area contributed by atoms with Gasteiger partial charge in [0.1, 0.15) is 0 Å². The summed E-state index contributed by atoms with van der Waals surface area (Å²) >= 11 is 0. The maximum atomic E-state index is 12.2. The van der Waals surface area contributed by atoms with E-state index >= 15 is 0 Å². The largest absolute Gasteiger partial charge is 0.421 e. The normalized spacial score (nSPS) is 12.8. The van der Waals surface area contributed by atoms with E-state index in [1.165, 1.54) is 23.1 Å². The van der Waals surface area contributed by atoms with Crippen molar-refractivity contribution in [2.45, 2.75) is 39.0 Å². The van der Waals surface area contributed by atoms with Crippen LogP contribution in [0.15, 0.2) is 46.9 Å². The second kappa shape index (κ2) is 7.12. The minimum absolute atomic E-state index is 0.0435. The van der Waals surface area contributed by atoms with Gasteiger partial charge >= 0.3 is 0 Å². The topological polar surface area (TPSA) is 68.0 Å². The molecule has 3 aromatic rings.